The number of alkyl halides is 3. The Labute approximate surface area is 54.1 Å². The van der Waals surface area contributed by atoms with Crippen LogP contribution < -0.4 is 5.73 Å². The van der Waals surface area contributed by atoms with Crippen LogP contribution >= 0.6 is 11.8 Å². The first kappa shape index (κ1) is 8.61. The summed E-state index contributed by atoms with van der Waals surface area (Å²) in [6, 6.07) is 0. The van der Waals surface area contributed by atoms with Gasteiger partial charge in [0.15, 0.2) is 5.17 Å². The molecule has 0 aromatic rings. The average Bonchev–Trinajstić information content (AvgIpc) is 1.63. The van der Waals surface area contributed by atoms with E-state index in [-0.39, 0.29) is 11.8 Å². The summed E-state index contributed by atoms with van der Waals surface area (Å²) in [5, 5.41) is 5.75. The number of nitrogens with two attached hydrogens (primary N) is 1. The molecule has 2 nitrogen and oxygen atoms in total. The lowest BCUT2D eigenvalue weighted by atomic mass is 10.8. The molecule has 0 radical (unpaired) electrons. The van der Waals surface area contributed by atoms with Crippen molar-refractivity contribution in [2.45, 2.75) is 11.9 Å². The zero-order valence-electron chi connectivity index (χ0n) is 4.27. The Morgan fingerprint density at radius 1 is 1.44 bits per heavy atom. The summed E-state index contributed by atoms with van der Waals surface area (Å²) in [7, 11) is 0. The number of halogens is 3. The van der Waals surface area contributed by atoms with E-state index in [9.17, 15) is 13.2 Å². The molecule has 0 aliphatic heterocycles. The number of rotatable bonds is 2. The molecule has 0 fully saturated rings. The van der Waals surface area contributed by atoms with Crippen LogP contribution in [0.1, 0.15) is 0 Å². The van der Waals surface area contributed by atoms with Gasteiger partial charge in [-0.05, 0) is 11.8 Å². The minimum absolute atomic E-state index is 0.00694. The monoisotopic (exact) mass is 158 g/mol. The molecule has 0 aliphatic rings. The fourth-order valence-electron chi connectivity index (χ4n) is 0.173. The maximum absolute atomic E-state index is 11.8. The average molecular weight is 158 g/mol. The van der Waals surface area contributed by atoms with Gasteiger partial charge in [0.25, 0.3) is 6.43 Å². The lowest BCUT2D eigenvalue weighted by molar-refractivity contribution is 0.0958. The Balaban J connectivity index is 3.50. The number of amidine groups is 1. The van der Waals surface area contributed by atoms with Gasteiger partial charge in [-0.15, -0.1) is 0 Å². The second-order valence-electron chi connectivity index (χ2n) is 1.17. The molecule has 0 aromatic heterocycles. The van der Waals surface area contributed by atoms with Crippen LogP contribution in [0, 0.1) is 5.41 Å². The van der Waals surface area contributed by atoms with Gasteiger partial charge in [-0.3, -0.25) is 5.41 Å². The Kier molecular flexibility index (Phi) is 3.44. The Morgan fingerprint density at radius 3 is 2.00 bits per heavy atom. The quantitative estimate of drug-likeness (QED) is 0.468. The molecule has 0 spiro atoms. The summed E-state index contributed by atoms with van der Waals surface area (Å²) >= 11 is 0.00694. The van der Waals surface area contributed by atoms with E-state index in [0.717, 1.165) is 0 Å². The van der Waals surface area contributed by atoms with Crippen molar-refractivity contribution in [2.75, 3.05) is 0 Å². The van der Waals surface area contributed by atoms with Crippen LogP contribution in [0.25, 0.3) is 0 Å². The van der Waals surface area contributed by atoms with Crippen LogP contribution in [0.3, 0.4) is 0 Å². The fraction of sp³-hybridized carbons (Fsp3) is 0.667. The van der Waals surface area contributed by atoms with Gasteiger partial charge in [-0.1, -0.05) is 0 Å². The van der Waals surface area contributed by atoms with Gasteiger partial charge >= 0.3 is 0 Å². The summed E-state index contributed by atoms with van der Waals surface area (Å²) in [6.07, 6.45) is -3.07. The standard InChI is InChI=1S/C3H5F3N2S/c4-1(5)2(6)9-3(7)8/h1-2H,(H3,7,8). The summed E-state index contributed by atoms with van der Waals surface area (Å²) in [5.74, 6) is 0. The maximum Gasteiger partial charge on any atom is 0.279 e. The van der Waals surface area contributed by atoms with Crippen molar-refractivity contribution in [3.63, 3.8) is 0 Å². The fourth-order valence-corrected chi connectivity index (χ4v) is 0.518. The zero-order chi connectivity index (χ0) is 7.44. The summed E-state index contributed by atoms with van der Waals surface area (Å²) < 4.78 is 34.2. The summed E-state index contributed by atoms with van der Waals surface area (Å²) in [6.45, 7) is 0. The van der Waals surface area contributed by atoms with Crippen molar-refractivity contribution >= 4 is 16.9 Å². The van der Waals surface area contributed by atoms with Crippen LogP contribution in [0.5, 0.6) is 0 Å². The largest absolute Gasteiger partial charge is 0.379 e. The highest BCUT2D eigenvalue weighted by Gasteiger charge is 2.20. The van der Waals surface area contributed by atoms with Crippen molar-refractivity contribution in [1.82, 2.24) is 0 Å². The van der Waals surface area contributed by atoms with E-state index in [0.29, 0.717) is 0 Å². The van der Waals surface area contributed by atoms with E-state index in [1.807, 2.05) is 0 Å². The molecule has 9 heavy (non-hydrogen) atoms. The van der Waals surface area contributed by atoms with Crippen LogP contribution in [0.4, 0.5) is 13.2 Å². The van der Waals surface area contributed by atoms with Crippen LogP contribution in [-0.4, -0.2) is 17.1 Å². The third-order valence-electron chi connectivity index (χ3n) is 0.438. The first-order valence-electron chi connectivity index (χ1n) is 1.97. The lowest BCUT2D eigenvalue weighted by Gasteiger charge is -2.02. The molecule has 0 aromatic carbocycles. The first-order valence-corrected chi connectivity index (χ1v) is 2.85. The predicted octanol–water partition coefficient (Wildman–Crippen LogP) is 1.17. The van der Waals surface area contributed by atoms with Crippen molar-refractivity contribution in [3.8, 4) is 0 Å². The van der Waals surface area contributed by atoms with E-state index < -0.39 is 17.1 Å². The first-order chi connectivity index (χ1) is 4.04. The minimum atomic E-state index is -3.07. The SMILES string of the molecule is N=C(N)SC(F)C(F)F. The summed E-state index contributed by atoms with van der Waals surface area (Å²) in [4.78, 5) is 0. The normalized spacial score (nSPS) is 13.8. The van der Waals surface area contributed by atoms with E-state index >= 15 is 0 Å². The van der Waals surface area contributed by atoms with Crippen LogP contribution in [0.2, 0.25) is 0 Å². The van der Waals surface area contributed by atoms with E-state index in [1.54, 1.807) is 0 Å². The molecule has 0 aliphatic carbocycles. The molecule has 0 saturated heterocycles. The van der Waals surface area contributed by atoms with E-state index in [4.69, 9.17) is 5.41 Å². The van der Waals surface area contributed by atoms with Gasteiger partial charge in [0.1, 0.15) is 0 Å². The molecule has 0 amide bonds. The molecule has 1 unspecified atom stereocenters. The molecule has 54 valence electrons. The van der Waals surface area contributed by atoms with Gasteiger partial charge in [0.2, 0.25) is 5.50 Å². The molecule has 0 bridgehead atoms. The second-order valence-corrected chi connectivity index (χ2v) is 2.29. The van der Waals surface area contributed by atoms with Gasteiger partial charge in [-0.25, -0.2) is 13.2 Å². The highest BCUT2D eigenvalue weighted by molar-refractivity contribution is 8.14. The topological polar surface area (TPSA) is 49.9 Å². The second kappa shape index (κ2) is 3.60. The number of hydrogen-bond donors (Lipinski definition) is 2. The van der Waals surface area contributed by atoms with Crippen molar-refractivity contribution < 1.29 is 13.2 Å². The molecule has 3 N–H and O–H groups in total. The highest BCUT2D eigenvalue weighted by Crippen LogP contribution is 2.18. The molecule has 6 heteroatoms. The molecule has 1 atom stereocenters. The predicted molar refractivity (Wildman–Crippen MR) is 30.4 cm³/mol. The van der Waals surface area contributed by atoms with E-state index in [1.165, 1.54) is 0 Å². The third-order valence-corrected chi connectivity index (χ3v) is 1.12. The van der Waals surface area contributed by atoms with Gasteiger partial charge in [0, 0.05) is 0 Å². The molecule has 0 heterocycles. The minimum Gasteiger partial charge on any atom is -0.379 e. The van der Waals surface area contributed by atoms with Gasteiger partial charge in [-0.2, -0.15) is 0 Å². The highest BCUT2D eigenvalue weighted by atomic mass is 32.2. The Morgan fingerprint density at radius 2 is 1.89 bits per heavy atom. The van der Waals surface area contributed by atoms with E-state index in [2.05, 4.69) is 5.73 Å². The van der Waals surface area contributed by atoms with Gasteiger partial charge < -0.3 is 5.73 Å². The molecular formula is C3H5F3N2S. The number of thioether (sulfide) groups is 1. The third kappa shape index (κ3) is 4.14. The zero-order valence-corrected chi connectivity index (χ0v) is 5.09. The van der Waals surface area contributed by atoms with Crippen molar-refractivity contribution in [2.24, 2.45) is 5.73 Å². The molecular weight excluding hydrogens is 153 g/mol. The lowest BCUT2D eigenvalue weighted by Crippen LogP contribution is -2.14. The molecule has 0 saturated carbocycles. The van der Waals surface area contributed by atoms with Crippen LogP contribution in [-0.2, 0) is 0 Å². The Hall–Kier alpha value is -0.390. The maximum atomic E-state index is 11.8. The van der Waals surface area contributed by atoms with Crippen LogP contribution in [0.15, 0.2) is 0 Å². The summed E-state index contributed by atoms with van der Waals surface area (Å²) in [5.41, 5.74) is 2.23. The number of hydrogen-bond acceptors (Lipinski definition) is 2. The Bertz CT molecular complexity index is 107. The van der Waals surface area contributed by atoms with Crippen molar-refractivity contribution in [1.29, 1.82) is 5.41 Å². The van der Waals surface area contributed by atoms with Crippen molar-refractivity contribution in [3.05, 3.63) is 0 Å². The smallest absolute Gasteiger partial charge is 0.279 e. The molecule has 0 rings (SSSR count). The number of nitrogens with one attached hydrogen (secondary N) is 1. The van der Waals surface area contributed by atoms with Gasteiger partial charge in [0.05, 0.1) is 0 Å².